The lowest BCUT2D eigenvalue weighted by atomic mass is 10.1. The van der Waals surface area contributed by atoms with Crippen molar-refractivity contribution in [3.63, 3.8) is 0 Å². The molecule has 0 radical (unpaired) electrons. The SMILES string of the molecule is Cc1ccc(C)c(-n2ccnc2S(=O)(=O)CCc2ccccc2)c1. The van der Waals surface area contributed by atoms with E-state index in [1.165, 1.54) is 6.20 Å². The Balaban J connectivity index is 1.93. The van der Waals surface area contributed by atoms with E-state index in [1.807, 2.05) is 62.4 Å². The summed E-state index contributed by atoms with van der Waals surface area (Å²) < 4.78 is 27.2. The molecular formula is C19H20N2O2S. The molecule has 0 amide bonds. The number of rotatable bonds is 5. The van der Waals surface area contributed by atoms with Crippen LogP contribution < -0.4 is 0 Å². The highest BCUT2D eigenvalue weighted by Gasteiger charge is 2.22. The average molecular weight is 340 g/mol. The summed E-state index contributed by atoms with van der Waals surface area (Å²) in [6.07, 6.45) is 3.72. The van der Waals surface area contributed by atoms with Gasteiger partial charge in [-0.15, -0.1) is 0 Å². The zero-order valence-corrected chi connectivity index (χ0v) is 14.6. The van der Waals surface area contributed by atoms with Gasteiger partial charge in [0.05, 0.1) is 11.4 Å². The van der Waals surface area contributed by atoms with E-state index in [0.717, 1.165) is 22.4 Å². The van der Waals surface area contributed by atoms with E-state index in [9.17, 15) is 8.42 Å². The largest absolute Gasteiger partial charge is 0.290 e. The summed E-state index contributed by atoms with van der Waals surface area (Å²) in [6, 6.07) is 15.6. The third kappa shape index (κ3) is 3.41. The molecule has 0 spiro atoms. The highest BCUT2D eigenvalue weighted by atomic mass is 32.2. The Labute approximate surface area is 142 Å². The Morgan fingerprint density at radius 3 is 2.54 bits per heavy atom. The van der Waals surface area contributed by atoms with Gasteiger partial charge in [0, 0.05) is 12.4 Å². The second-order valence-corrected chi connectivity index (χ2v) is 7.93. The normalized spacial score (nSPS) is 11.6. The Morgan fingerprint density at radius 2 is 1.79 bits per heavy atom. The number of sulfone groups is 1. The Kier molecular flexibility index (Phi) is 4.53. The van der Waals surface area contributed by atoms with Gasteiger partial charge in [0.25, 0.3) is 0 Å². The second kappa shape index (κ2) is 6.61. The van der Waals surface area contributed by atoms with Crippen LogP contribution in [0.15, 0.2) is 66.1 Å². The van der Waals surface area contributed by atoms with Crippen LogP contribution in [0.3, 0.4) is 0 Å². The van der Waals surface area contributed by atoms with Crippen molar-refractivity contribution in [2.45, 2.75) is 25.4 Å². The molecule has 0 atom stereocenters. The summed E-state index contributed by atoms with van der Waals surface area (Å²) in [4.78, 5) is 4.12. The van der Waals surface area contributed by atoms with Crippen LogP contribution in [0, 0.1) is 13.8 Å². The van der Waals surface area contributed by atoms with Crippen molar-refractivity contribution in [1.82, 2.24) is 9.55 Å². The van der Waals surface area contributed by atoms with Gasteiger partial charge in [-0.2, -0.15) is 0 Å². The maximum atomic E-state index is 12.8. The van der Waals surface area contributed by atoms with Gasteiger partial charge < -0.3 is 0 Å². The van der Waals surface area contributed by atoms with E-state index in [4.69, 9.17) is 0 Å². The fraction of sp³-hybridized carbons (Fsp3) is 0.211. The maximum Gasteiger partial charge on any atom is 0.232 e. The van der Waals surface area contributed by atoms with Gasteiger partial charge in [0.1, 0.15) is 0 Å². The van der Waals surface area contributed by atoms with Crippen LogP contribution in [-0.4, -0.2) is 23.7 Å². The molecular weight excluding hydrogens is 320 g/mol. The van der Waals surface area contributed by atoms with Gasteiger partial charge in [-0.25, -0.2) is 13.4 Å². The van der Waals surface area contributed by atoms with Crippen molar-refractivity contribution in [2.24, 2.45) is 0 Å². The van der Waals surface area contributed by atoms with E-state index < -0.39 is 9.84 Å². The molecule has 0 aliphatic rings. The highest BCUT2D eigenvalue weighted by Crippen LogP contribution is 2.21. The molecule has 1 heterocycles. The monoisotopic (exact) mass is 340 g/mol. The Hall–Kier alpha value is -2.40. The first-order valence-corrected chi connectivity index (χ1v) is 9.50. The first-order chi connectivity index (χ1) is 11.5. The summed E-state index contributed by atoms with van der Waals surface area (Å²) in [5, 5.41) is 0.104. The van der Waals surface area contributed by atoms with Gasteiger partial charge >= 0.3 is 0 Å². The van der Waals surface area contributed by atoms with E-state index in [2.05, 4.69) is 4.98 Å². The minimum Gasteiger partial charge on any atom is -0.290 e. The minimum absolute atomic E-state index is 0.0406. The average Bonchev–Trinajstić information content (AvgIpc) is 3.07. The first kappa shape index (κ1) is 16.5. The van der Waals surface area contributed by atoms with Crippen molar-refractivity contribution < 1.29 is 8.42 Å². The number of imidazole rings is 1. The van der Waals surface area contributed by atoms with Crippen molar-refractivity contribution >= 4 is 9.84 Å². The lowest BCUT2D eigenvalue weighted by Gasteiger charge is -2.12. The molecule has 0 fully saturated rings. The first-order valence-electron chi connectivity index (χ1n) is 7.85. The van der Waals surface area contributed by atoms with Crippen molar-refractivity contribution in [3.05, 3.63) is 77.6 Å². The van der Waals surface area contributed by atoms with Crippen LogP contribution in [-0.2, 0) is 16.3 Å². The highest BCUT2D eigenvalue weighted by molar-refractivity contribution is 7.91. The summed E-state index contributed by atoms with van der Waals surface area (Å²) in [5.41, 5.74) is 3.95. The van der Waals surface area contributed by atoms with Gasteiger partial charge in [-0.05, 0) is 43.0 Å². The predicted octanol–water partition coefficient (Wildman–Crippen LogP) is 3.51. The van der Waals surface area contributed by atoms with Gasteiger partial charge in [-0.3, -0.25) is 4.57 Å². The molecule has 5 heteroatoms. The third-order valence-corrected chi connectivity index (χ3v) is 5.61. The van der Waals surface area contributed by atoms with E-state index >= 15 is 0 Å². The molecule has 3 rings (SSSR count). The van der Waals surface area contributed by atoms with E-state index in [0.29, 0.717) is 6.42 Å². The third-order valence-electron chi connectivity index (χ3n) is 4.01. The Bertz CT molecular complexity index is 945. The molecule has 124 valence electrons. The number of aryl methyl sites for hydroxylation is 3. The zero-order valence-electron chi connectivity index (χ0n) is 13.8. The fourth-order valence-electron chi connectivity index (χ4n) is 2.67. The topological polar surface area (TPSA) is 52.0 Å². The molecule has 0 saturated heterocycles. The molecule has 24 heavy (non-hydrogen) atoms. The number of hydrogen-bond donors (Lipinski definition) is 0. The summed E-state index contributed by atoms with van der Waals surface area (Å²) >= 11 is 0. The van der Waals surface area contributed by atoms with E-state index in [1.54, 1.807) is 10.8 Å². The summed E-state index contributed by atoms with van der Waals surface area (Å²) in [5.74, 6) is 0.0406. The maximum absolute atomic E-state index is 12.8. The van der Waals surface area contributed by atoms with E-state index in [-0.39, 0.29) is 10.9 Å². The van der Waals surface area contributed by atoms with Crippen molar-refractivity contribution in [3.8, 4) is 5.69 Å². The van der Waals surface area contributed by atoms with Crippen LogP contribution >= 0.6 is 0 Å². The number of aromatic nitrogens is 2. The van der Waals surface area contributed by atoms with Gasteiger partial charge in [0.2, 0.25) is 15.0 Å². The van der Waals surface area contributed by atoms with Crippen molar-refractivity contribution in [1.29, 1.82) is 0 Å². The molecule has 2 aromatic carbocycles. The lowest BCUT2D eigenvalue weighted by molar-refractivity contribution is 0.583. The second-order valence-electron chi connectivity index (χ2n) is 5.92. The molecule has 4 nitrogen and oxygen atoms in total. The van der Waals surface area contributed by atoms with Crippen LogP contribution in [0.25, 0.3) is 5.69 Å². The zero-order chi connectivity index (χ0) is 17.2. The standard InChI is InChI=1S/C19H20N2O2S/c1-15-8-9-16(2)18(14-15)21-12-11-20-19(21)24(22,23)13-10-17-6-4-3-5-7-17/h3-9,11-12,14H,10,13H2,1-2H3. The molecule has 1 aromatic heterocycles. The van der Waals surface area contributed by atoms with Crippen molar-refractivity contribution in [2.75, 3.05) is 5.75 Å². The molecule has 0 bridgehead atoms. The molecule has 0 unspecified atom stereocenters. The number of benzene rings is 2. The molecule has 0 aliphatic carbocycles. The van der Waals surface area contributed by atoms with Gasteiger partial charge in [0.15, 0.2) is 0 Å². The van der Waals surface area contributed by atoms with Crippen LogP contribution in [0.5, 0.6) is 0 Å². The molecule has 3 aromatic rings. The molecule has 0 N–H and O–H groups in total. The lowest BCUT2D eigenvalue weighted by Crippen LogP contribution is -2.15. The molecule has 0 aliphatic heterocycles. The quantitative estimate of drug-likeness (QED) is 0.714. The van der Waals surface area contributed by atoms with Gasteiger partial charge in [-0.1, -0.05) is 42.5 Å². The molecule has 0 saturated carbocycles. The number of nitrogens with zero attached hydrogens (tertiary/aromatic N) is 2. The Morgan fingerprint density at radius 1 is 1.04 bits per heavy atom. The smallest absolute Gasteiger partial charge is 0.232 e. The van der Waals surface area contributed by atoms with Crippen LogP contribution in [0.1, 0.15) is 16.7 Å². The van der Waals surface area contributed by atoms with Crippen LogP contribution in [0.4, 0.5) is 0 Å². The number of hydrogen-bond acceptors (Lipinski definition) is 3. The minimum atomic E-state index is -3.47. The summed E-state index contributed by atoms with van der Waals surface area (Å²) in [6.45, 7) is 3.96. The predicted molar refractivity (Wildman–Crippen MR) is 95.2 cm³/mol. The fourth-order valence-corrected chi connectivity index (χ4v) is 4.04. The van der Waals surface area contributed by atoms with Crippen LogP contribution in [0.2, 0.25) is 0 Å². The summed E-state index contributed by atoms with van der Waals surface area (Å²) in [7, 11) is -3.47.